The topological polar surface area (TPSA) is 42.4 Å². The molecule has 0 radical (unpaired) electrons. The van der Waals surface area contributed by atoms with E-state index < -0.39 is 5.60 Å². The van der Waals surface area contributed by atoms with Crippen LogP contribution in [0, 0.1) is 6.92 Å². The molecule has 0 spiro atoms. The molecule has 2 heterocycles. The van der Waals surface area contributed by atoms with Gasteiger partial charge in [0.2, 0.25) is 0 Å². The van der Waals surface area contributed by atoms with E-state index in [1.54, 1.807) is 6.20 Å². The molecule has 0 N–H and O–H groups in total. The maximum absolute atomic E-state index is 12.4. The summed E-state index contributed by atoms with van der Waals surface area (Å²) in [6.07, 6.45) is 4.73. The number of rotatable bonds is 1. The van der Waals surface area contributed by atoms with E-state index in [0.717, 1.165) is 37.1 Å². The zero-order valence-corrected chi connectivity index (χ0v) is 12.8. The summed E-state index contributed by atoms with van der Waals surface area (Å²) in [4.78, 5) is 18.6. The number of hydrogen-bond acceptors (Lipinski definition) is 3. The minimum absolute atomic E-state index is 0.0901. The van der Waals surface area contributed by atoms with Crippen molar-refractivity contribution in [2.24, 2.45) is 0 Å². The molecule has 110 valence electrons. The van der Waals surface area contributed by atoms with E-state index in [9.17, 15) is 4.79 Å². The summed E-state index contributed by atoms with van der Waals surface area (Å²) in [7, 11) is 0. The van der Waals surface area contributed by atoms with E-state index in [4.69, 9.17) is 4.74 Å². The van der Waals surface area contributed by atoms with E-state index in [0.29, 0.717) is 0 Å². The number of piperidine rings is 1. The van der Waals surface area contributed by atoms with Crippen molar-refractivity contribution in [3.8, 4) is 0 Å². The Morgan fingerprint density at radius 2 is 2.15 bits per heavy atom. The Morgan fingerprint density at radius 3 is 2.80 bits per heavy atom. The van der Waals surface area contributed by atoms with Crippen LogP contribution in [-0.4, -0.2) is 28.1 Å². The van der Waals surface area contributed by atoms with Gasteiger partial charge < -0.3 is 9.64 Å². The lowest BCUT2D eigenvalue weighted by Crippen LogP contribution is -2.42. The van der Waals surface area contributed by atoms with Gasteiger partial charge in [0.1, 0.15) is 5.60 Å². The van der Waals surface area contributed by atoms with Gasteiger partial charge in [-0.25, -0.2) is 4.79 Å². The molecule has 1 saturated heterocycles. The zero-order chi connectivity index (χ0) is 14.8. The number of hydrogen-bond donors (Lipinski definition) is 0. The van der Waals surface area contributed by atoms with Gasteiger partial charge in [-0.05, 0) is 58.6 Å². The summed E-state index contributed by atoms with van der Waals surface area (Å²) >= 11 is 0. The maximum Gasteiger partial charge on any atom is 0.410 e. The lowest BCUT2D eigenvalue weighted by atomic mass is 9.95. The lowest BCUT2D eigenvalue weighted by Gasteiger charge is -2.37. The molecule has 4 nitrogen and oxygen atoms in total. The molecule has 0 unspecified atom stereocenters. The number of ether oxygens (including phenoxy) is 1. The van der Waals surface area contributed by atoms with Crippen LogP contribution in [0.2, 0.25) is 0 Å². The van der Waals surface area contributed by atoms with Crippen molar-refractivity contribution in [3.63, 3.8) is 0 Å². The first-order chi connectivity index (χ1) is 9.38. The fourth-order valence-electron chi connectivity index (χ4n) is 2.64. The number of aromatic nitrogens is 1. The summed E-state index contributed by atoms with van der Waals surface area (Å²) in [6.45, 7) is 8.46. The highest BCUT2D eigenvalue weighted by Crippen LogP contribution is 2.33. The van der Waals surface area contributed by atoms with Gasteiger partial charge in [-0.15, -0.1) is 0 Å². The van der Waals surface area contributed by atoms with Crippen LogP contribution in [0.3, 0.4) is 0 Å². The van der Waals surface area contributed by atoms with Crippen LogP contribution in [0.4, 0.5) is 4.79 Å². The first-order valence-electron chi connectivity index (χ1n) is 7.29. The van der Waals surface area contributed by atoms with Gasteiger partial charge in [-0.3, -0.25) is 4.98 Å². The molecule has 20 heavy (non-hydrogen) atoms. The van der Waals surface area contributed by atoms with Gasteiger partial charge >= 0.3 is 6.09 Å². The number of carbonyl (C=O) groups excluding carboxylic acids is 1. The van der Waals surface area contributed by atoms with Crippen LogP contribution in [0.1, 0.15) is 57.3 Å². The summed E-state index contributed by atoms with van der Waals surface area (Å²) in [6, 6.07) is 4.09. The molecule has 4 heteroatoms. The normalized spacial score (nSPS) is 19.8. The van der Waals surface area contributed by atoms with E-state index in [1.165, 1.54) is 0 Å². The highest BCUT2D eigenvalue weighted by molar-refractivity contribution is 5.69. The monoisotopic (exact) mass is 276 g/mol. The number of aryl methyl sites for hydroxylation is 1. The first kappa shape index (κ1) is 14.8. The van der Waals surface area contributed by atoms with Gasteiger partial charge in [0.05, 0.1) is 6.04 Å². The molecular formula is C16H24N2O2. The van der Waals surface area contributed by atoms with Crippen molar-refractivity contribution in [2.75, 3.05) is 6.54 Å². The van der Waals surface area contributed by atoms with Crippen LogP contribution in [-0.2, 0) is 4.74 Å². The van der Waals surface area contributed by atoms with Crippen molar-refractivity contribution in [1.29, 1.82) is 0 Å². The Bertz CT molecular complexity index is 480. The van der Waals surface area contributed by atoms with Gasteiger partial charge in [0.25, 0.3) is 0 Å². The second-order valence-electron chi connectivity index (χ2n) is 6.36. The molecule has 1 aliphatic rings. The molecule has 1 aromatic rings. The van der Waals surface area contributed by atoms with Crippen molar-refractivity contribution < 1.29 is 9.53 Å². The number of likely N-dealkylation sites (tertiary alicyclic amines) is 1. The minimum Gasteiger partial charge on any atom is -0.444 e. The Morgan fingerprint density at radius 1 is 1.40 bits per heavy atom. The quantitative estimate of drug-likeness (QED) is 0.782. The predicted octanol–water partition coefficient (Wildman–Crippen LogP) is 3.85. The molecule has 1 aliphatic heterocycles. The number of carbonyl (C=O) groups is 1. The van der Waals surface area contributed by atoms with Crippen LogP contribution in [0.5, 0.6) is 0 Å². The summed E-state index contributed by atoms with van der Waals surface area (Å²) < 4.78 is 5.54. The van der Waals surface area contributed by atoms with E-state index in [1.807, 2.05) is 38.7 Å². The fraction of sp³-hybridized carbons (Fsp3) is 0.625. The van der Waals surface area contributed by atoms with E-state index in [-0.39, 0.29) is 12.1 Å². The largest absolute Gasteiger partial charge is 0.444 e. The SMILES string of the molecule is Cc1ncccc1[C@@H]1CCCCN1C(=O)OC(C)(C)C. The smallest absolute Gasteiger partial charge is 0.410 e. The van der Waals surface area contributed by atoms with Crippen molar-refractivity contribution in [1.82, 2.24) is 9.88 Å². The standard InChI is InChI=1S/C16H24N2O2/c1-12-13(8-7-10-17-12)14-9-5-6-11-18(14)15(19)20-16(2,3)4/h7-8,10,14H,5-6,9,11H2,1-4H3/t14-/m0/s1. The average Bonchev–Trinajstić information content (AvgIpc) is 2.37. The van der Waals surface area contributed by atoms with E-state index in [2.05, 4.69) is 11.1 Å². The van der Waals surface area contributed by atoms with Gasteiger partial charge in [0, 0.05) is 18.4 Å². The third-order valence-corrected chi connectivity index (χ3v) is 3.54. The Balaban J connectivity index is 2.22. The summed E-state index contributed by atoms with van der Waals surface area (Å²) in [5, 5.41) is 0. The van der Waals surface area contributed by atoms with Gasteiger partial charge in [0.15, 0.2) is 0 Å². The lowest BCUT2D eigenvalue weighted by molar-refractivity contribution is 0.00942. The summed E-state index contributed by atoms with van der Waals surface area (Å²) in [5.74, 6) is 0. The second kappa shape index (κ2) is 5.81. The third-order valence-electron chi connectivity index (χ3n) is 3.54. The van der Waals surface area contributed by atoms with Crippen molar-refractivity contribution in [3.05, 3.63) is 29.6 Å². The van der Waals surface area contributed by atoms with Crippen molar-refractivity contribution in [2.45, 2.75) is 58.6 Å². The molecular weight excluding hydrogens is 252 g/mol. The van der Waals surface area contributed by atoms with Crippen LogP contribution < -0.4 is 0 Å². The first-order valence-corrected chi connectivity index (χ1v) is 7.29. The Hall–Kier alpha value is -1.58. The second-order valence-corrected chi connectivity index (χ2v) is 6.36. The number of amides is 1. The molecule has 1 fully saturated rings. The molecule has 0 bridgehead atoms. The highest BCUT2D eigenvalue weighted by atomic mass is 16.6. The molecule has 2 rings (SSSR count). The van der Waals surface area contributed by atoms with Crippen LogP contribution in [0.25, 0.3) is 0 Å². The Kier molecular flexibility index (Phi) is 4.31. The molecule has 0 aliphatic carbocycles. The third kappa shape index (κ3) is 3.50. The fourth-order valence-corrected chi connectivity index (χ4v) is 2.64. The molecule has 0 saturated carbocycles. The molecule has 1 aromatic heterocycles. The highest BCUT2D eigenvalue weighted by Gasteiger charge is 2.32. The van der Waals surface area contributed by atoms with Gasteiger partial charge in [-0.2, -0.15) is 0 Å². The summed E-state index contributed by atoms with van der Waals surface area (Å²) in [5.41, 5.74) is 1.68. The van der Waals surface area contributed by atoms with Gasteiger partial charge in [-0.1, -0.05) is 6.07 Å². The number of nitrogens with zero attached hydrogens (tertiary/aromatic N) is 2. The maximum atomic E-state index is 12.4. The molecule has 0 aromatic carbocycles. The van der Waals surface area contributed by atoms with Crippen molar-refractivity contribution >= 4 is 6.09 Å². The molecule has 1 amide bonds. The Labute approximate surface area is 121 Å². The van der Waals surface area contributed by atoms with Crippen LogP contribution >= 0.6 is 0 Å². The molecule has 1 atom stereocenters. The average molecular weight is 276 g/mol. The van der Waals surface area contributed by atoms with Crippen LogP contribution in [0.15, 0.2) is 18.3 Å². The van der Waals surface area contributed by atoms with E-state index >= 15 is 0 Å². The number of pyridine rings is 1. The predicted molar refractivity (Wildman–Crippen MR) is 78.5 cm³/mol. The zero-order valence-electron chi connectivity index (χ0n) is 12.8. The minimum atomic E-state index is -0.455.